The molecule has 0 aliphatic rings. The Kier molecular flexibility index (Phi) is 4.14. The minimum atomic E-state index is -0.668. The molecule has 5 heteroatoms. The van der Waals surface area contributed by atoms with Gasteiger partial charge in [-0.1, -0.05) is 15.9 Å². The van der Waals surface area contributed by atoms with Crippen LogP contribution in [0.2, 0.25) is 0 Å². The zero-order valence-electron chi connectivity index (χ0n) is 10.2. The lowest BCUT2D eigenvalue weighted by molar-refractivity contribution is 0.0635. The van der Waals surface area contributed by atoms with E-state index in [0.29, 0.717) is 4.47 Å². The monoisotopic (exact) mass is 303 g/mol. The summed E-state index contributed by atoms with van der Waals surface area (Å²) in [6, 6.07) is 2.85. The van der Waals surface area contributed by atoms with Crippen LogP contribution in [0.5, 0.6) is 0 Å². The van der Waals surface area contributed by atoms with E-state index in [1.54, 1.807) is 26.8 Å². The Morgan fingerprint density at radius 2 is 2.00 bits per heavy atom. The smallest absolute Gasteiger partial charge is 0.412 e. The highest BCUT2D eigenvalue weighted by Crippen LogP contribution is 2.24. The Bertz CT molecular complexity index is 441. The molecule has 94 valence electrons. The number of halogens is 2. The third-order valence-electron chi connectivity index (χ3n) is 1.88. The van der Waals surface area contributed by atoms with Gasteiger partial charge in [-0.05, 0) is 45.4 Å². The lowest BCUT2D eigenvalue weighted by Gasteiger charge is -2.20. The van der Waals surface area contributed by atoms with Gasteiger partial charge >= 0.3 is 6.09 Å². The quantitative estimate of drug-likeness (QED) is 0.842. The van der Waals surface area contributed by atoms with E-state index in [9.17, 15) is 9.18 Å². The number of anilines is 1. The summed E-state index contributed by atoms with van der Waals surface area (Å²) in [5.41, 5.74) is 0.336. The highest BCUT2D eigenvalue weighted by Gasteiger charge is 2.17. The number of hydrogen-bond donors (Lipinski definition) is 1. The lowest BCUT2D eigenvalue weighted by Crippen LogP contribution is -2.27. The molecule has 0 radical (unpaired) electrons. The molecule has 1 aromatic carbocycles. The fourth-order valence-electron chi connectivity index (χ4n) is 1.17. The number of hydrogen-bond acceptors (Lipinski definition) is 2. The van der Waals surface area contributed by atoms with Gasteiger partial charge in [0.25, 0.3) is 0 Å². The Balaban J connectivity index is 2.82. The van der Waals surface area contributed by atoms with E-state index in [1.165, 1.54) is 6.07 Å². The minimum Gasteiger partial charge on any atom is -0.444 e. The summed E-state index contributed by atoms with van der Waals surface area (Å²) < 4.78 is 19.2. The summed E-state index contributed by atoms with van der Waals surface area (Å²) in [5.74, 6) is -0.506. The molecular formula is C12H15BrFNO2. The second-order valence-electron chi connectivity index (χ2n) is 4.71. The van der Waals surface area contributed by atoms with Crippen LogP contribution in [0.15, 0.2) is 16.6 Å². The molecular weight excluding hydrogens is 289 g/mol. The molecule has 0 fully saturated rings. The molecule has 0 unspecified atom stereocenters. The zero-order chi connectivity index (χ0) is 13.2. The van der Waals surface area contributed by atoms with Crippen molar-refractivity contribution in [3.8, 4) is 0 Å². The highest BCUT2D eigenvalue weighted by molar-refractivity contribution is 9.10. The van der Waals surface area contributed by atoms with Crippen LogP contribution in [0.4, 0.5) is 14.9 Å². The number of nitrogens with one attached hydrogen (secondary N) is 1. The van der Waals surface area contributed by atoms with Crippen molar-refractivity contribution in [2.24, 2.45) is 0 Å². The number of carbonyl (C=O) groups excluding carboxylic acids is 1. The number of rotatable bonds is 1. The largest absolute Gasteiger partial charge is 0.444 e. The van der Waals surface area contributed by atoms with E-state index in [2.05, 4.69) is 21.2 Å². The molecule has 0 aliphatic heterocycles. The molecule has 17 heavy (non-hydrogen) atoms. The summed E-state index contributed by atoms with van der Waals surface area (Å²) in [4.78, 5) is 11.5. The molecule has 1 rings (SSSR count). The Hall–Kier alpha value is -1.10. The van der Waals surface area contributed by atoms with Gasteiger partial charge in [0.2, 0.25) is 0 Å². The third kappa shape index (κ3) is 4.34. The standard InChI is InChI=1S/C12H15BrFNO2/c1-7-5-10(9(14)6-8(7)13)15-11(16)17-12(2,3)4/h5-6H,1-4H3,(H,15,16). The van der Waals surface area contributed by atoms with Crippen molar-refractivity contribution >= 4 is 27.7 Å². The van der Waals surface area contributed by atoms with Gasteiger partial charge in [0.05, 0.1) is 5.69 Å². The normalized spacial score (nSPS) is 11.2. The van der Waals surface area contributed by atoms with Gasteiger partial charge in [0.1, 0.15) is 11.4 Å². The first-order valence-electron chi connectivity index (χ1n) is 5.15. The lowest BCUT2D eigenvalue weighted by atomic mass is 10.2. The fourth-order valence-corrected chi connectivity index (χ4v) is 1.48. The number of ether oxygens (including phenoxy) is 1. The van der Waals surface area contributed by atoms with Gasteiger partial charge in [-0.3, -0.25) is 5.32 Å². The molecule has 0 atom stereocenters. The van der Waals surface area contributed by atoms with Gasteiger partial charge < -0.3 is 4.74 Å². The first-order chi connectivity index (χ1) is 7.69. The molecule has 0 saturated heterocycles. The molecule has 3 nitrogen and oxygen atoms in total. The minimum absolute atomic E-state index is 0.111. The first kappa shape index (κ1) is 14.0. The second kappa shape index (κ2) is 5.04. The zero-order valence-corrected chi connectivity index (χ0v) is 11.8. The molecule has 1 aromatic rings. The van der Waals surface area contributed by atoms with Crippen molar-refractivity contribution in [2.75, 3.05) is 5.32 Å². The van der Waals surface area contributed by atoms with E-state index >= 15 is 0 Å². The third-order valence-corrected chi connectivity index (χ3v) is 2.74. The van der Waals surface area contributed by atoms with Crippen LogP contribution < -0.4 is 5.32 Å². The van der Waals surface area contributed by atoms with Crippen LogP contribution in [-0.4, -0.2) is 11.7 Å². The van der Waals surface area contributed by atoms with Crippen LogP contribution in [0.3, 0.4) is 0 Å². The van der Waals surface area contributed by atoms with E-state index in [0.717, 1.165) is 5.56 Å². The molecule has 0 bridgehead atoms. The molecule has 0 spiro atoms. The van der Waals surface area contributed by atoms with Crippen LogP contribution in [0, 0.1) is 12.7 Å². The second-order valence-corrected chi connectivity index (χ2v) is 5.56. The molecule has 0 heterocycles. The highest BCUT2D eigenvalue weighted by atomic mass is 79.9. The van der Waals surface area contributed by atoms with E-state index < -0.39 is 17.5 Å². The molecule has 0 saturated carbocycles. The van der Waals surface area contributed by atoms with Gasteiger partial charge in [-0.25, -0.2) is 9.18 Å². The summed E-state index contributed by atoms with van der Waals surface area (Å²) in [6.45, 7) is 7.05. The van der Waals surface area contributed by atoms with Gasteiger partial charge in [-0.15, -0.1) is 0 Å². The van der Waals surface area contributed by atoms with Gasteiger partial charge in [0.15, 0.2) is 0 Å². The maximum absolute atomic E-state index is 13.5. The summed E-state index contributed by atoms with van der Waals surface area (Å²) in [7, 11) is 0. The molecule has 0 aliphatic carbocycles. The Morgan fingerprint density at radius 1 is 1.41 bits per heavy atom. The van der Waals surface area contributed by atoms with Gasteiger partial charge in [-0.2, -0.15) is 0 Å². The number of aryl methyl sites for hydroxylation is 1. The fraction of sp³-hybridized carbons (Fsp3) is 0.417. The van der Waals surface area contributed by atoms with Crippen molar-refractivity contribution in [1.29, 1.82) is 0 Å². The summed E-state index contributed by atoms with van der Waals surface area (Å²) in [5, 5.41) is 2.38. The molecule has 1 N–H and O–H groups in total. The topological polar surface area (TPSA) is 38.3 Å². The predicted octanol–water partition coefficient (Wildman–Crippen LogP) is 4.24. The SMILES string of the molecule is Cc1cc(NC(=O)OC(C)(C)C)c(F)cc1Br. The van der Waals surface area contributed by atoms with Crippen LogP contribution in [0.25, 0.3) is 0 Å². The molecule has 0 aromatic heterocycles. The van der Waals surface area contributed by atoms with Crippen molar-refractivity contribution < 1.29 is 13.9 Å². The molecule has 1 amide bonds. The average Bonchev–Trinajstić information content (AvgIpc) is 2.11. The average molecular weight is 304 g/mol. The van der Waals surface area contributed by atoms with Crippen LogP contribution in [0.1, 0.15) is 26.3 Å². The Labute approximate surface area is 108 Å². The van der Waals surface area contributed by atoms with E-state index in [1.807, 2.05) is 6.92 Å². The first-order valence-corrected chi connectivity index (χ1v) is 5.94. The maximum atomic E-state index is 13.5. The predicted molar refractivity (Wildman–Crippen MR) is 68.7 cm³/mol. The van der Waals surface area contributed by atoms with Crippen LogP contribution >= 0.6 is 15.9 Å². The summed E-state index contributed by atoms with van der Waals surface area (Å²) in [6.07, 6.45) is -0.668. The van der Waals surface area contributed by atoms with Crippen molar-refractivity contribution in [3.05, 3.63) is 28.0 Å². The number of carbonyl (C=O) groups is 1. The summed E-state index contributed by atoms with van der Waals surface area (Å²) >= 11 is 3.21. The Morgan fingerprint density at radius 3 is 2.53 bits per heavy atom. The van der Waals surface area contributed by atoms with E-state index in [-0.39, 0.29) is 5.69 Å². The van der Waals surface area contributed by atoms with Crippen molar-refractivity contribution in [2.45, 2.75) is 33.3 Å². The van der Waals surface area contributed by atoms with Crippen LogP contribution in [-0.2, 0) is 4.74 Å². The maximum Gasteiger partial charge on any atom is 0.412 e. The van der Waals surface area contributed by atoms with Crippen molar-refractivity contribution in [3.63, 3.8) is 0 Å². The van der Waals surface area contributed by atoms with E-state index in [4.69, 9.17) is 4.74 Å². The van der Waals surface area contributed by atoms with Gasteiger partial charge in [0, 0.05) is 4.47 Å². The van der Waals surface area contributed by atoms with Crippen molar-refractivity contribution in [1.82, 2.24) is 0 Å². The number of amides is 1. The number of benzene rings is 1.